The van der Waals surface area contributed by atoms with Gasteiger partial charge in [-0.15, -0.1) is 0 Å². The van der Waals surface area contributed by atoms with Crippen LogP contribution in [0.25, 0.3) is 60.0 Å². The van der Waals surface area contributed by atoms with E-state index in [1.165, 1.54) is 76.7 Å². The summed E-state index contributed by atoms with van der Waals surface area (Å²) in [6.45, 7) is 6.63. The second kappa shape index (κ2) is 6.11. The molecule has 1 nitrogen and oxygen atoms in total. The molecule has 0 saturated heterocycles. The highest BCUT2D eigenvalue weighted by atomic mass is 14.9. The van der Waals surface area contributed by atoms with Crippen molar-refractivity contribution in [2.45, 2.75) is 20.8 Å². The van der Waals surface area contributed by atoms with Crippen LogP contribution in [0.3, 0.4) is 0 Å². The Morgan fingerprint density at radius 2 is 1.19 bits per heavy atom. The Balaban J connectivity index is 1.63. The number of para-hydroxylation sites is 1. The van der Waals surface area contributed by atoms with Crippen LogP contribution >= 0.6 is 0 Å². The molecule has 1 heteroatoms. The molecule has 0 saturated carbocycles. The second-order valence-electron chi connectivity index (χ2n) is 9.26. The summed E-state index contributed by atoms with van der Waals surface area (Å²) in [4.78, 5) is 0. The lowest BCUT2D eigenvalue weighted by Crippen LogP contribution is -1.90. The van der Waals surface area contributed by atoms with Crippen molar-refractivity contribution in [3.8, 4) is 11.1 Å². The smallest absolute Gasteiger partial charge is 0.0620 e. The molecule has 7 aromatic rings. The van der Waals surface area contributed by atoms with Gasteiger partial charge in [-0.25, -0.2) is 0 Å². The maximum Gasteiger partial charge on any atom is 0.0620 e. The largest absolute Gasteiger partial charge is 0.308 e. The molecule has 0 radical (unpaired) electrons. The van der Waals surface area contributed by atoms with Crippen molar-refractivity contribution in [3.05, 3.63) is 102 Å². The van der Waals surface area contributed by atoms with Gasteiger partial charge in [0.05, 0.1) is 16.6 Å². The summed E-state index contributed by atoms with van der Waals surface area (Å²) in [6, 6.07) is 31.7. The van der Waals surface area contributed by atoms with Crippen LogP contribution < -0.4 is 0 Å². The molecular weight excluding hydrogens is 386 g/mol. The fourth-order valence-corrected chi connectivity index (χ4v) is 5.96. The number of rotatable bonds is 1. The van der Waals surface area contributed by atoms with Crippen LogP contribution in [-0.2, 0) is 0 Å². The molecule has 0 amide bonds. The third-order valence-electron chi connectivity index (χ3n) is 7.15. The summed E-state index contributed by atoms with van der Waals surface area (Å²) in [5, 5.41) is 7.92. The lowest BCUT2D eigenvalue weighted by Gasteiger charge is -2.12. The predicted molar refractivity (Wildman–Crippen MR) is 138 cm³/mol. The first kappa shape index (κ1) is 17.8. The average molecular weight is 410 g/mol. The van der Waals surface area contributed by atoms with E-state index in [0.29, 0.717) is 0 Å². The van der Waals surface area contributed by atoms with E-state index in [4.69, 9.17) is 0 Å². The average Bonchev–Trinajstić information content (AvgIpc) is 3.28. The zero-order valence-corrected chi connectivity index (χ0v) is 18.5. The van der Waals surface area contributed by atoms with E-state index >= 15 is 0 Å². The van der Waals surface area contributed by atoms with E-state index in [2.05, 4.69) is 110 Å². The molecule has 0 N–H and O–H groups in total. The molecular formula is C31H23N. The van der Waals surface area contributed by atoms with Crippen molar-refractivity contribution in [2.24, 2.45) is 0 Å². The van der Waals surface area contributed by atoms with Gasteiger partial charge in [0, 0.05) is 21.5 Å². The summed E-state index contributed by atoms with van der Waals surface area (Å²) in [5.41, 5.74) is 10.6. The molecule has 0 bridgehead atoms. The number of hydrogen-bond acceptors (Lipinski definition) is 0. The van der Waals surface area contributed by atoms with E-state index in [9.17, 15) is 0 Å². The Bertz CT molecular complexity index is 1830. The topological polar surface area (TPSA) is 4.41 Å². The normalized spacial score (nSPS) is 12.2. The zero-order valence-electron chi connectivity index (χ0n) is 18.5. The molecule has 5 aromatic carbocycles. The van der Waals surface area contributed by atoms with E-state index < -0.39 is 0 Å². The van der Waals surface area contributed by atoms with Crippen LogP contribution in [0.2, 0.25) is 0 Å². The zero-order chi connectivity index (χ0) is 21.6. The maximum absolute atomic E-state index is 2.47. The molecule has 152 valence electrons. The van der Waals surface area contributed by atoms with Gasteiger partial charge in [0.2, 0.25) is 0 Å². The van der Waals surface area contributed by atoms with Crippen LogP contribution in [-0.4, -0.2) is 4.40 Å². The molecule has 32 heavy (non-hydrogen) atoms. The van der Waals surface area contributed by atoms with Gasteiger partial charge in [-0.05, 0) is 78.1 Å². The van der Waals surface area contributed by atoms with Crippen LogP contribution in [0.5, 0.6) is 0 Å². The van der Waals surface area contributed by atoms with Crippen molar-refractivity contribution < 1.29 is 0 Å². The van der Waals surface area contributed by atoms with Crippen molar-refractivity contribution in [1.29, 1.82) is 0 Å². The summed E-state index contributed by atoms with van der Waals surface area (Å²) in [5.74, 6) is 0. The quantitative estimate of drug-likeness (QED) is 0.256. The van der Waals surface area contributed by atoms with Gasteiger partial charge in [0.15, 0.2) is 0 Å². The van der Waals surface area contributed by atoms with Crippen molar-refractivity contribution >= 4 is 48.9 Å². The summed E-state index contributed by atoms with van der Waals surface area (Å²) >= 11 is 0. The van der Waals surface area contributed by atoms with Crippen LogP contribution in [0.15, 0.2) is 84.9 Å². The maximum atomic E-state index is 2.47. The molecule has 2 aromatic heterocycles. The molecule has 7 rings (SSSR count). The van der Waals surface area contributed by atoms with Crippen molar-refractivity contribution in [1.82, 2.24) is 4.40 Å². The first-order chi connectivity index (χ1) is 15.6. The molecule has 0 fully saturated rings. The summed E-state index contributed by atoms with van der Waals surface area (Å²) in [7, 11) is 0. The Kier molecular flexibility index (Phi) is 3.40. The molecule has 0 atom stereocenters. The summed E-state index contributed by atoms with van der Waals surface area (Å²) in [6.07, 6.45) is 0. The minimum atomic E-state index is 1.28. The molecule has 2 heterocycles. The molecule has 0 unspecified atom stereocenters. The number of aryl methyl sites for hydroxylation is 3. The number of benzene rings is 5. The predicted octanol–water partition coefficient (Wildman–Crippen LogP) is 8.58. The Morgan fingerprint density at radius 1 is 0.531 bits per heavy atom. The number of fused-ring (bicyclic) bond motifs is 7. The van der Waals surface area contributed by atoms with Gasteiger partial charge in [0.25, 0.3) is 0 Å². The monoisotopic (exact) mass is 409 g/mol. The van der Waals surface area contributed by atoms with Crippen LogP contribution in [0.4, 0.5) is 0 Å². The molecule has 0 aliphatic carbocycles. The number of hydrogen-bond donors (Lipinski definition) is 0. The van der Waals surface area contributed by atoms with Gasteiger partial charge in [0.1, 0.15) is 0 Å². The highest BCUT2D eigenvalue weighted by Gasteiger charge is 2.18. The van der Waals surface area contributed by atoms with Gasteiger partial charge in [-0.1, -0.05) is 66.2 Å². The minimum Gasteiger partial charge on any atom is -0.308 e. The lowest BCUT2D eigenvalue weighted by molar-refractivity contribution is 1.32. The fraction of sp³-hybridized carbons (Fsp3) is 0.0968. The minimum absolute atomic E-state index is 1.28. The first-order valence-corrected chi connectivity index (χ1v) is 11.3. The SMILES string of the molecule is Cc1cc(C)c(-c2ccc3c(c2)c2cccc4c5cc6ccccc6cc5n3c24)c(C)c1. The van der Waals surface area contributed by atoms with Crippen molar-refractivity contribution in [2.75, 3.05) is 0 Å². The number of aromatic nitrogens is 1. The third-order valence-corrected chi connectivity index (χ3v) is 7.15. The van der Waals surface area contributed by atoms with E-state index in [1.54, 1.807) is 0 Å². The number of nitrogens with zero attached hydrogens (tertiary/aromatic N) is 1. The third kappa shape index (κ3) is 2.23. The highest BCUT2D eigenvalue weighted by Crippen LogP contribution is 2.41. The lowest BCUT2D eigenvalue weighted by atomic mass is 9.93. The Morgan fingerprint density at radius 3 is 1.91 bits per heavy atom. The van der Waals surface area contributed by atoms with E-state index in [-0.39, 0.29) is 0 Å². The van der Waals surface area contributed by atoms with Crippen molar-refractivity contribution in [3.63, 3.8) is 0 Å². The first-order valence-electron chi connectivity index (χ1n) is 11.3. The van der Waals surface area contributed by atoms with E-state index in [0.717, 1.165) is 0 Å². The summed E-state index contributed by atoms with van der Waals surface area (Å²) < 4.78 is 2.47. The van der Waals surface area contributed by atoms with Crippen LogP contribution in [0.1, 0.15) is 16.7 Å². The van der Waals surface area contributed by atoms with Gasteiger partial charge >= 0.3 is 0 Å². The molecule has 0 spiro atoms. The second-order valence-corrected chi connectivity index (χ2v) is 9.26. The van der Waals surface area contributed by atoms with Gasteiger partial charge < -0.3 is 4.40 Å². The van der Waals surface area contributed by atoms with Gasteiger partial charge in [-0.3, -0.25) is 0 Å². The standard InChI is InChI=1S/C31H23N/c1-18-13-19(2)30(20(3)14-18)23-11-12-28-26(16-23)24-9-6-10-25-27-15-21-7-4-5-8-22(21)17-29(27)32(28)31(24)25/h4-17H,1-3H3. The Hall–Kier alpha value is -3.84. The Labute approximate surface area is 186 Å². The van der Waals surface area contributed by atoms with E-state index in [1.807, 2.05) is 0 Å². The van der Waals surface area contributed by atoms with Gasteiger partial charge in [-0.2, -0.15) is 0 Å². The fourth-order valence-electron chi connectivity index (χ4n) is 5.96. The highest BCUT2D eigenvalue weighted by molar-refractivity contribution is 6.25. The van der Waals surface area contributed by atoms with Crippen LogP contribution in [0, 0.1) is 20.8 Å². The molecule has 0 aliphatic heterocycles. The molecule has 0 aliphatic rings.